The fourth-order valence-electron chi connectivity index (χ4n) is 1.53. The molecule has 0 aromatic heterocycles. The number of hydrogen-bond donors (Lipinski definition) is 1. The molecule has 0 saturated heterocycles. The van der Waals surface area contributed by atoms with Crippen molar-refractivity contribution in [1.29, 1.82) is 0 Å². The lowest BCUT2D eigenvalue weighted by Crippen LogP contribution is -2.43. The highest BCUT2D eigenvalue weighted by molar-refractivity contribution is 9.10. The Bertz CT molecular complexity index is 219. The quantitative estimate of drug-likeness (QED) is 0.750. The monoisotopic (exact) mass is 276 g/mol. The van der Waals surface area contributed by atoms with Gasteiger partial charge in [0.15, 0.2) is 0 Å². The van der Waals surface area contributed by atoms with Crippen LogP contribution in [0.4, 0.5) is 0 Å². The Hall–Kier alpha value is -0.0900. The molecule has 1 saturated carbocycles. The number of rotatable bonds is 6. The second-order valence-corrected chi connectivity index (χ2v) is 5.47. The third-order valence-corrected chi connectivity index (χ3v) is 4.10. The van der Waals surface area contributed by atoms with Crippen LogP contribution in [0.15, 0.2) is 0 Å². The first-order valence-electron chi connectivity index (χ1n) is 5.70. The third-order valence-electron chi connectivity index (χ3n) is 3.03. The molecule has 0 aliphatic heterocycles. The zero-order chi connectivity index (χ0) is 11.4. The van der Waals surface area contributed by atoms with Gasteiger partial charge in [-0.3, -0.25) is 9.69 Å². The zero-order valence-corrected chi connectivity index (χ0v) is 11.4. The topological polar surface area (TPSA) is 32.3 Å². The lowest BCUT2D eigenvalue weighted by atomic mass is 10.2. The van der Waals surface area contributed by atoms with E-state index in [9.17, 15) is 4.79 Å². The number of likely N-dealkylation sites (N-methyl/N-ethyl adjacent to an activating group) is 1. The van der Waals surface area contributed by atoms with Crippen LogP contribution in [0.5, 0.6) is 0 Å². The number of carbonyl (C=O) groups excluding carboxylic acids is 1. The Balaban J connectivity index is 2.20. The van der Waals surface area contributed by atoms with E-state index in [1.54, 1.807) is 0 Å². The maximum absolute atomic E-state index is 11.5. The second kappa shape index (κ2) is 5.85. The molecule has 0 aromatic rings. The van der Waals surface area contributed by atoms with E-state index < -0.39 is 0 Å². The summed E-state index contributed by atoms with van der Waals surface area (Å²) in [4.78, 5) is 13.8. The van der Waals surface area contributed by atoms with Crippen LogP contribution in [0.25, 0.3) is 0 Å². The summed E-state index contributed by atoms with van der Waals surface area (Å²) in [5.41, 5.74) is 0. The highest BCUT2D eigenvalue weighted by Gasteiger charge is 2.29. The van der Waals surface area contributed by atoms with Crippen LogP contribution < -0.4 is 5.32 Å². The van der Waals surface area contributed by atoms with Gasteiger partial charge >= 0.3 is 0 Å². The minimum atomic E-state index is -0.0454. The molecule has 1 aliphatic carbocycles. The predicted octanol–water partition coefficient (Wildman–Crippen LogP) is 1.76. The molecule has 0 aromatic carbocycles. The molecule has 88 valence electrons. The number of hydrogen-bond acceptors (Lipinski definition) is 2. The van der Waals surface area contributed by atoms with Gasteiger partial charge < -0.3 is 5.32 Å². The summed E-state index contributed by atoms with van der Waals surface area (Å²) in [7, 11) is 2.14. The summed E-state index contributed by atoms with van der Waals surface area (Å²) in [5.74, 6) is 0.105. The Morgan fingerprint density at radius 2 is 2.20 bits per heavy atom. The van der Waals surface area contributed by atoms with E-state index in [2.05, 4.69) is 40.1 Å². The molecule has 2 unspecified atom stereocenters. The SMILES string of the molecule is CCC(Br)C(=O)NCC(C)N(C)C1CC1. The molecule has 2 atom stereocenters. The number of nitrogens with zero attached hydrogens (tertiary/aromatic N) is 1. The second-order valence-electron chi connectivity index (χ2n) is 4.37. The average Bonchev–Trinajstić information content (AvgIpc) is 3.06. The lowest BCUT2D eigenvalue weighted by molar-refractivity contribution is -0.120. The molecule has 0 radical (unpaired) electrons. The van der Waals surface area contributed by atoms with Gasteiger partial charge in [0.25, 0.3) is 0 Å². The van der Waals surface area contributed by atoms with Crippen molar-refractivity contribution in [2.24, 2.45) is 0 Å². The fourth-order valence-corrected chi connectivity index (χ4v) is 1.69. The van der Waals surface area contributed by atoms with Crippen molar-refractivity contribution < 1.29 is 4.79 Å². The maximum Gasteiger partial charge on any atom is 0.233 e. The standard InChI is InChI=1S/C11H21BrN2O/c1-4-10(12)11(15)13-7-8(2)14(3)9-5-6-9/h8-10H,4-7H2,1-3H3,(H,13,15). The first-order valence-corrected chi connectivity index (χ1v) is 6.61. The highest BCUT2D eigenvalue weighted by atomic mass is 79.9. The lowest BCUT2D eigenvalue weighted by Gasteiger charge is -2.25. The third kappa shape index (κ3) is 4.11. The van der Waals surface area contributed by atoms with Crippen molar-refractivity contribution in [2.45, 2.75) is 50.0 Å². The summed E-state index contributed by atoms with van der Waals surface area (Å²) in [6, 6.07) is 1.18. The van der Waals surface area contributed by atoms with Gasteiger partial charge in [-0.2, -0.15) is 0 Å². The van der Waals surface area contributed by atoms with E-state index in [-0.39, 0.29) is 10.7 Å². The van der Waals surface area contributed by atoms with Crippen LogP contribution in [0, 0.1) is 0 Å². The van der Waals surface area contributed by atoms with Crippen LogP contribution in [0.3, 0.4) is 0 Å². The number of nitrogens with one attached hydrogen (secondary N) is 1. The smallest absolute Gasteiger partial charge is 0.233 e. The normalized spacial score (nSPS) is 20.1. The Morgan fingerprint density at radius 1 is 1.60 bits per heavy atom. The van der Waals surface area contributed by atoms with Crippen LogP contribution in [0.2, 0.25) is 0 Å². The van der Waals surface area contributed by atoms with Gasteiger partial charge in [-0.05, 0) is 33.2 Å². The summed E-state index contributed by atoms with van der Waals surface area (Å²) < 4.78 is 0. The van der Waals surface area contributed by atoms with E-state index in [1.165, 1.54) is 12.8 Å². The van der Waals surface area contributed by atoms with E-state index in [4.69, 9.17) is 0 Å². The molecule has 0 spiro atoms. The number of halogens is 1. The molecule has 1 N–H and O–H groups in total. The zero-order valence-electron chi connectivity index (χ0n) is 9.79. The molecular formula is C11H21BrN2O. The van der Waals surface area contributed by atoms with Gasteiger partial charge in [0.2, 0.25) is 5.91 Å². The minimum absolute atomic E-state index is 0.0454. The molecule has 1 fully saturated rings. The van der Waals surface area contributed by atoms with Gasteiger partial charge in [-0.25, -0.2) is 0 Å². The molecule has 3 nitrogen and oxygen atoms in total. The number of carbonyl (C=O) groups is 1. The van der Waals surface area contributed by atoms with Crippen LogP contribution in [0.1, 0.15) is 33.1 Å². The van der Waals surface area contributed by atoms with E-state index in [0.717, 1.165) is 19.0 Å². The minimum Gasteiger partial charge on any atom is -0.354 e. The number of amides is 1. The van der Waals surface area contributed by atoms with Crippen molar-refractivity contribution in [3.63, 3.8) is 0 Å². The summed E-state index contributed by atoms with van der Waals surface area (Å²) in [5, 5.41) is 2.97. The summed E-state index contributed by atoms with van der Waals surface area (Å²) in [6.45, 7) is 4.90. The largest absolute Gasteiger partial charge is 0.354 e. The molecule has 1 aliphatic rings. The van der Waals surface area contributed by atoms with Crippen molar-refractivity contribution >= 4 is 21.8 Å². The molecule has 15 heavy (non-hydrogen) atoms. The predicted molar refractivity (Wildman–Crippen MR) is 66.3 cm³/mol. The van der Waals surface area contributed by atoms with Gasteiger partial charge in [-0.1, -0.05) is 22.9 Å². The first kappa shape index (κ1) is 13.0. The maximum atomic E-state index is 11.5. The summed E-state index contributed by atoms with van der Waals surface area (Å²) >= 11 is 3.34. The van der Waals surface area contributed by atoms with Crippen LogP contribution >= 0.6 is 15.9 Å². The van der Waals surface area contributed by atoms with Gasteiger partial charge in [-0.15, -0.1) is 0 Å². The van der Waals surface area contributed by atoms with Crippen LogP contribution in [-0.2, 0) is 4.79 Å². The molecule has 0 heterocycles. The molecule has 4 heteroatoms. The van der Waals surface area contributed by atoms with E-state index >= 15 is 0 Å². The highest BCUT2D eigenvalue weighted by Crippen LogP contribution is 2.26. The van der Waals surface area contributed by atoms with E-state index in [1.807, 2.05) is 6.92 Å². The van der Waals surface area contributed by atoms with Gasteiger partial charge in [0.05, 0.1) is 4.83 Å². The van der Waals surface area contributed by atoms with Crippen molar-refractivity contribution in [3.8, 4) is 0 Å². The molecule has 1 amide bonds. The average molecular weight is 277 g/mol. The van der Waals surface area contributed by atoms with Gasteiger partial charge in [0.1, 0.15) is 0 Å². The Kier molecular flexibility index (Phi) is 5.06. The Labute approximate surface area is 101 Å². The summed E-state index contributed by atoms with van der Waals surface area (Å²) in [6.07, 6.45) is 3.45. The Morgan fingerprint density at radius 3 is 2.67 bits per heavy atom. The van der Waals surface area contributed by atoms with E-state index in [0.29, 0.717) is 6.04 Å². The van der Waals surface area contributed by atoms with Gasteiger partial charge in [0, 0.05) is 18.6 Å². The van der Waals surface area contributed by atoms with Crippen molar-refractivity contribution in [3.05, 3.63) is 0 Å². The number of alkyl halides is 1. The van der Waals surface area contributed by atoms with Crippen LogP contribution in [-0.4, -0.2) is 41.3 Å². The molecular weight excluding hydrogens is 256 g/mol. The van der Waals surface area contributed by atoms with Crippen molar-refractivity contribution in [1.82, 2.24) is 10.2 Å². The van der Waals surface area contributed by atoms with Crippen molar-refractivity contribution in [2.75, 3.05) is 13.6 Å². The molecule has 0 bridgehead atoms. The fraction of sp³-hybridized carbons (Fsp3) is 0.909. The molecule has 1 rings (SSSR count). The first-order chi connectivity index (χ1) is 7.06.